The molecule has 0 aromatic heterocycles. The fraction of sp³-hybridized carbons (Fsp3) is 0.462. The number of alkyl halides is 2. The second-order valence-corrected chi connectivity index (χ2v) is 4.10. The van der Waals surface area contributed by atoms with Gasteiger partial charge in [0, 0.05) is 6.42 Å². The molecule has 0 radical (unpaired) electrons. The Morgan fingerprint density at radius 2 is 2.26 bits per heavy atom. The van der Waals surface area contributed by atoms with Crippen LogP contribution in [0.4, 0.5) is 8.78 Å². The summed E-state index contributed by atoms with van der Waals surface area (Å²) < 4.78 is 39.8. The van der Waals surface area contributed by atoms with Crippen LogP contribution in [-0.4, -0.2) is 25.9 Å². The number of hydrogen-bond acceptors (Lipinski definition) is 4. The Bertz CT molecular complexity index is 467. The quantitative estimate of drug-likeness (QED) is 0.824. The van der Waals surface area contributed by atoms with E-state index >= 15 is 0 Å². The molecule has 0 saturated carbocycles. The number of benzene rings is 1. The van der Waals surface area contributed by atoms with E-state index in [1.54, 1.807) is 12.1 Å². The van der Waals surface area contributed by atoms with Crippen LogP contribution in [0.5, 0.6) is 11.5 Å². The van der Waals surface area contributed by atoms with Crippen LogP contribution in [0, 0.1) is 11.3 Å². The van der Waals surface area contributed by atoms with E-state index in [-0.39, 0.29) is 24.0 Å². The molecule has 1 aromatic carbocycles. The highest BCUT2D eigenvalue weighted by molar-refractivity contribution is 5.43. The molecule has 1 heterocycles. The predicted molar refractivity (Wildman–Crippen MR) is 62.2 cm³/mol. The van der Waals surface area contributed by atoms with Crippen LogP contribution in [0.25, 0.3) is 0 Å². The van der Waals surface area contributed by atoms with Crippen LogP contribution >= 0.6 is 0 Å². The normalized spacial score (nSPS) is 18.3. The van der Waals surface area contributed by atoms with Gasteiger partial charge in [0.2, 0.25) is 0 Å². The van der Waals surface area contributed by atoms with Crippen molar-refractivity contribution in [3.8, 4) is 17.6 Å². The molecule has 1 atom stereocenters. The highest BCUT2D eigenvalue weighted by atomic mass is 19.3. The van der Waals surface area contributed by atoms with Gasteiger partial charge in [-0.1, -0.05) is 6.07 Å². The number of hydrogen-bond donors (Lipinski definition) is 0. The van der Waals surface area contributed by atoms with Crippen LogP contribution in [0.1, 0.15) is 12.0 Å². The first-order chi connectivity index (χ1) is 9.19. The first-order valence-corrected chi connectivity index (χ1v) is 5.88. The van der Waals surface area contributed by atoms with E-state index in [9.17, 15) is 8.78 Å². The van der Waals surface area contributed by atoms with Crippen molar-refractivity contribution >= 4 is 0 Å². The van der Waals surface area contributed by atoms with Crippen molar-refractivity contribution in [1.29, 1.82) is 5.26 Å². The number of nitriles is 1. The van der Waals surface area contributed by atoms with Gasteiger partial charge in [0.05, 0.1) is 25.7 Å². The van der Waals surface area contributed by atoms with Gasteiger partial charge in [-0.3, -0.25) is 0 Å². The fourth-order valence-electron chi connectivity index (χ4n) is 1.82. The van der Waals surface area contributed by atoms with Crippen LogP contribution < -0.4 is 9.47 Å². The Labute approximate surface area is 109 Å². The van der Waals surface area contributed by atoms with Gasteiger partial charge in [0.1, 0.15) is 6.10 Å². The van der Waals surface area contributed by atoms with Crippen molar-refractivity contribution in [1.82, 2.24) is 0 Å². The van der Waals surface area contributed by atoms with Gasteiger partial charge in [0.15, 0.2) is 11.5 Å². The molecule has 0 aliphatic carbocycles. The largest absolute Gasteiger partial charge is 0.484 e. The molecule has 0 spiro atoms. The SMILES string of the molecule is N#CCc1ccc(OC(F)F)c(OC2CCOC2)c1. The van der Waals surface area contributed by atoms with Gasteiger partial charge < -0.3 is 14.2 Å². The molecule has 0 amide bonds. The van der Waals surface area contributed by atoms with Crippen molar-refractivity contribution in [3.63, 3.8) is 0 Å². The van der Waals surface area contributed by atoms with Crippen LogP contribution in [0.3, 0.4) is 0 Å². The van der Waals surface area contributed by atoms with Crippen molar-refractivity contribution in [2.24, 2.45) is 0 Å². The third-order valence-electron chi connectivity index (χ3n) is 2.69. The fourth-order valence-corrected chi connectivity index (χ4v) is 1.82. The number of halogens is 2. The first kappa shape index (κ1) is 13.6. The van der Waals surface area contributed by atoms with Gasteiger partial charge in [-0.05, 0) is 17.7 Å². The second kappa shape index (κ2) is 6.34. The average molecular weight is 269 g/mol. The Balaban J connectivity index is 2.18. The first-order valence-electron chi connectivity index (χ1n) is 5.88. The highest BCUT2D eigenvalue weighted by Gasteiger charge is 2.20. The number of rotatable bonds is 5. The van der Waals surface area contributed by atoms with E-state index in [2.05, 4.69) is 4.74 Å². The van der Waals surface area contributed by atoms with Crippen LogP contribution in [-0.2, 0) is 11.2 Å². The zero-order valence-corrected chi connectivity index (χ0v) is 10.1. The highest BCUT2D eigenvalue weighted by Crippen LogP contribution is 2.31. The lowest BCUT2D eigenvalue weighted by Gasteiger charge is -2.16. The van der Waals surface area contributed by atoms with Crippen molar-refractivity contribution in [2.45, 2.75) is 25.6 Å². The molecule has 1 aromatic rings. The van der Waals surface area contributed by atoms with Gasteiger partial charge in [-0.25, -0.2) is 0 Å². The summed E-state index contributed by atoms with van der Waals surface area (Å²) in [5.41, 5.74) is 0.693. The molecule has 1 saturated heterocycles. The lowest BCUT2D eigenvalue weighted by molar-refractivity contribution is -0.0521. The molecular weight excluding hydrogens is 256 g/mol. The predicted octanol–water partition coefficient (Wildman–Crippen LogP) is 2.52. The van der Waals surface area contributed by atoms with E-state index in [4.69, 9.17) is 14.7 Å². The van der Waals surface area contributed by atoms with Crippen molar-refractivity contribution in [3.05, 3.63) is 23.8 Å². The third kappa shape index (κ3) is 3.80. The minimum atomic E-state index is -2.91. The minimum absolute atomic E-state index is 0.0245. The van der Waals surface area contributed by atoms with E-state index in [1.165, 1.54) is 6.07 Å². The summed E-state index contributed by atoms with van der Waals surface area (Å²) in [4.78, 5) is 0. The molecule has 1 aliphatic heterocycles. The summed E-state index contributed by atoms with van der Waals surface area (Å²) in [7, 11) is 0. The zero-order chi connectivity index (χ0) is 13.7. The Morgan fingerprint density at radius 1 is 1.42 bits per heavy atom. The standard InChI is InChI=1S/C13H13F2NO3/c14-13(15)19-11-2-1-9(3-5-16)7-12(11)18-10-4-6-17-8-10/h1-2,7,10,13H,3-4,6,8H2. The number of ether oxygens (including phenoxy) is 3. The maximum atomic E-state index is 12.3. The minimum Gasteiger partial charge on any atom is -0.484 e. The molecule has 6 heteroatoms. The van der Waals surface area contributed by atoms with E-state index < -0.39 is 6.61 Å². The van der Waals surface area contributed by atoms with E-state index in [1.807, 2.05) is 6.07 Å². The number of nitrogens with zero attached hydrogens (tertiary/aromatic N) is 1. The molecule has 102 valence electrons. The molecular formula is C13H13F2NO3. The summed E-state index contributed by atoms with van der Waals surface area (Å²) in [5.74, 6) is 0.201. The van der Waals surface area contributed by atoms with Gasteiger partial charge in [-0.15, -0.1) is 0 Å². The lowest BCUT2D eigenvalue weighted by atomic mass is 10.1. The molecule has 2 rings (SSSR count). The molecule has 1 unspecified atom stereocenters. The molecule has 0 N–H and O–H groups in total. The molecule has 1 aliphatic rings. The summed E-state index contributed by atoms with van der Waals surface area (Å²) >= 11 is 0. The average Bonchev–Trinajstić information content (AvgIpc) is 2.85. The van der Waals surface area contributed by atoms with E-state index in [0.717, 1.165) is 0 Å². The smallest absolute Gasteiger partial charge is 0.387 e. The van der Waals surface area contributed by atoms with Crippen LogP contribution in [0.2, 0.25) is 0 Å². The summed E-state index contributed by atoms with van der Waals surface area (Å²) in [6, 6.07) is 6.51. The maximum absolute atomic E-state index is 12.3. The Kier molecular flexibility index (Phi) is 4.53. The van der Waals surface area contributed by atoms with Gasteiger partial charge in [-0.2, -0.15) is 14.0 Å². The summed E-state index contributed by atoms with van der Waals surface area (Å²) in [6.07, 6.45) is 0.723. The second-order valence-electron chi connectivity index (χ2n) is 4.10. The van der Waals surface area contributed by atoms with Crippen LogP contribution in [0.15, 0.2) is 18.2 Å². The molecule has 1 fully saturated rings. The topological polar surface area (TPSA) is 51.5 Å². The molecule has 0 bridgehead atoms. The Morgan fingerprint density at radius 3 is 2.89 bits per heavy atom. The molecule has 19 heavy (non-hydrogen) atoms. The van der Waals surface area contributed by atoms with Gasteiger partial charge in [0.25, 0.3) is 0 Å². The van der Waals surface area contributed by atoms with Crippen molar-refractivity contribution in [2.75, 3.05) is 13.2 Å². The summed E-state index contributed by atoms with van der Waals surface area (Å²) in [6.45, 7) is -1.89. The Hall–Kier alpha value is -1.87. The zero-order valence-electron chi connectivity index (χ0n) is 10.1. The summed E-state index contributed by atoms with van der Waals surface area (Å²) in [5, 5.41) is 8.65. The van der Waals surface area contributed by atoms with E-state index in [0.29, 0.717) is 25.2 Å². The van der Waals surface area contributed by atoms with Gasteiger partial charge >= 0.3 is 6.61 Å². The third-order valence-corrected chi connectivity index (χ3v) is 2.69. The monoisotopic (exact) mass is 269 g/mol. The maximum Gasteiger partial charge on any atom is 0.387 e. The lowest BCUT2D eigenvalue weighted by Crippen LogP contribution is -2.17. The van der Waals surface area contributed by atoms with Crippen molar-refractivity contribution < 1.29 is 23.0 Å². The molecule has 4 nitrogen and oxygen atoms in total.